The van der Waals surface area contributed by atoms with Gasteiger partial charge in [0.05, 0.1) is 29.7 Å². The number of azo groups is 1. The third-order valence-electron chi connectivity index (χ3n) is 5.51. The molecule has 0 amide bonds. The van der Waals surface area contributed by atoms with E-state index in [1.807, 2.05) is 91.3 Å². The molecule has 0 aliphatic heterocycles. The van der Waals surface area contributed by atoms with Gasteiger partial charge in [-0.1, -0.05) is 72.8 Å². The molecule has 1 N–H and O–H groups in total. The van der Waals surface area contributed by atoms with Crippen LogP contribution in [0.25, 0.3) is 11.3 Å². The molecule has 1 aromatic heterocycles. The first-order valence-corrected chi connectivity index (χ1v) is 10.4. The van der Waals surface area contributed by atoms with Crippen molar-refractivity contribution in [2.45, 2.75) is 33.4 Å². The van der Waals surface area contributed by atoms with Crippen LogP contribution in [0.3, 0.4) is 0 Å². The molecule has 4 rings (SSSR count). The first kappa shape index (κ1) is 20.7. The third-order valence-corrected chi connectivity index (χ3v) is 5.51. The zero-order chi connectivity index (χ0) is 21.8. The van der Waals surface area contributed by atoms with E-state index in [-0.39, 0.29) is 0 Å². The second-order valence-corrected chi connectivity index (χ2v) is 7.68. The van der Waals surface area contributed by atoms with Gasteiger partial charge in [0.1, 0.15) is 5.69 Å². The number of hydrogen-bond acceptors (Lipinski definition) is 4. The van der Waals surface area contributed by atoms with E-state index in [1.54, 1.807) is 0 Å². The molecule has 0 saturated carbocycles. The minimum Gasteiger partial charge on any atom is -0.386 e. The molecule has 3 aromatic carbocycles. The second-order valence-electron chi connectivity index (χ2n) is 7.68. The van der Waals surface area contributed by atoms with Crippen LogP contribution in [0.5, 0.6) is 0 Å². The Labute approximate surface area is 182 Å². The van der Waals surface area contributed by atoms with Gasteiger partial charge in [-0.15, -0.1) is 5.11 Å². The third kappa shape index (κ3) is 4.47. The largest absolute Gasteiger partial charge is 0.386 e. The van der Waals surface area contributed by atoms with Crippen LogP contribution < -0.4 is 0 Å². The summed E-state index contributed by atoms with van der Waals surface area (Å²) >= 11 is 0. The van der Waals surface area contributed by atoms with E-state index in [0.717, 1.165) is 33.8 Å². The number of rotatable bonds is 6. The maximum atomic E-state index is 10.8. The number of nitrogens with zero attached hydrogens (tertiary/aromatic N) is 4. The fraction of sp³-hybridized carbons (Fsp3) is 0.192. The van der Waals surface area contributed by atoms with E-state index in [9.17, 15) is 5.11 Å². The first-order valence-electron chi connectivity index (χ1n) is 10.4. The van der Waals surface area contributed by atoms with Gasteiger partial charge in [-0.3, -0.25) is 4.68 Å². The molecule has 0 bridgehead atoms. The maximum absolute atomic E-state index is 10.8. The summed E-state index contributed by atoms with van der Waals surface area (Å²) in [5.74, 6) is 0. The van der Waals surface area contributed by atoms with E-state index in [1.165, 1.54) is 5.56 Å². The summed E-state index contributed by atoms with van der Waals surface area (Å²) in [4.78, 5) is 0. The lowest BCUT2D eigenvalue weighted by Gasteiger charge is -2.14. The van der Waals surface area contributed by atoms with Crippen molar-refractivity contribution in [3.63, 3.8) is 0 Å². The van der Waals surface area contributed by atoms with Crippen LogP contribution in [-0.4, -0.2) is 14.9 Å². The molecule has 5 nitrogen and oxygen atoms in total. The number of aliphatic hydroxyl groups is 1. The van der Waals surface area contributed by atoms with Crippen LogP contribution in [0.1, 0.15) is 28.5 Å². The Kier molecular flexibility index (Phi) is 6.05. The van der Waals surface area contributed by atoms with E-state index in [0.29, 0.717) is 12.2 Å². The summed E-state index contributed by atoms with van der Waals surface area (Å²) < 4.78 is 1.83. The van der Waals surface area contributed by atoms with E-state index in [2.05, 4.69) is 23.2 Å². The molecule has 1 atom stereocenters. The van der Waals surface area contributed by atoms with Crippen molar-refractivity contribution >= 4 is 11.4 Å². The van der Waals surface area contributed by atoms with Gasteiger partial charge >= 0.3 is 0 Å². The Morgan fingerprint density at radius 1 is 0.839 bits per heavy atom. The Hall–Kier alpha value is -3.57. The van der Waals surface area contributed by atoms with Gasteiger partial charge in [0.15, 0.2) is 0 Å². The molecule has 156 valence electrons. The van der Waals surface area contributed by atoms with Crippen molar-refractivity contribution in [3.05, 3.63) is 101 Å². The highest BCUT2D eigenvalue weighted by Gasteiger charge is 2.20. The maximum Gasteiger partial charge on any atom is 0.134 e. The van der Waals surface area contributed by atoms with Gasteiger partial charge in [0.2, 0.25) is 0 Å². The van der Waals surface area contributed by atoms with Crippen molar-refractivity contribution in [2.75, 3.05) is 0 Å². The standard InChI is InChI=1S/C26H26N4O/c1-18-11-10-16-23(19(18)2)27-28-25-20(3)29-30(26(25)22-14-8-5-9-15-22)17-24(31)21-12-6-4-7-13-21/h4-16,24,31H,17H2,1-3H3. The van der Waals surface area contributed by atoms with Crippen molar-refractivity contribution in [2.24, 2.45) is 10.2 Å². The summed E-state index contributed by atoms with van der Waals surface area (Å²) in [5, 5.41) is 24.7. The van der Waals surface area contributed by atoms with Gasteiger partial charge in [-0.05, 0) is 43.5 Å². The average Bonchev–Trinajstić information content (AvgIpc) is 3.10. The monoisotopic (exact) mass is 410 g/mol. The molecule has 0 spiro atoms. The van der Waals surface area contributed by atoms with Crippen molar-refractivity contribution in [1.29, 1.82) is 0 Å². The number of aromatic nitrogens is 2. The topological polar surface area (TPSA) is 62.8 Å². The second kappa shape index (κ2) is 9.06. The Morgan fingerprint density at radius 2 is 1.52 bits per heavy atom. The van der Waals surface area contributed by atoms with Crippen LogP contribution in [0.2, 0.25) is 0 Å². The lowest BCUT2D eigenvalue weighted by Crippen LogP contribution is -2.11. The Balaban J connectivity index is 1.77. The zero-order valence-electron chi connectivity index (χ0n) is 18.0. The lowest BCUT2D eigenvalue weighted by atomic mass is 10.1. The lowest BCUT2D eigenvalue weighted by molar-refractivity contribution is 0.152. The number of benzene rings is 3. The zero-order valence-corrected chi connectivity index (χ0v) is 18.0. The molecule has 0 saturated heterocycles. The van der Waals surface area contributed by atoms with Crippen LogP contribution in [-0.2, 0) is 6.54 Å². The predicted octanol–water partition coefficient (Wildman–Crippen LogP) is 6.62. The van der Waals surface area contributed by atoms with Gasteiger partial charge in [-0.2, -0.15) is 10.2 Å². The van der Waals surface area contributed by atoms with Crippen LogP contribution in [0, 0.1) is 20.8 Å². The number of hydrogen-bond donors (Lipinski definition) is 1. The molecule has 1 heterocycles. The van der Waals surface area contributed by atoms with E-state index >= 15 is 0 Å². The molecular formula is C26H26N4O. The van der Waals surface area contributed by atoms with Gasteiger partial charge < -0.3 is 5.11 Å². The number of aryl methyl sites for hydroxylation is 2. The van der Waals surface area contributed by atoms with Crippen LogP contribution in [0.15, 0.2) is 89.1 Å². The summed E-state index contributed by atoms with van der Waals surface area (Å²) in [6, 6.07) is 25.7. The highest BCUT2D eigenvalue weighted by Crippen LogP contribution is 2.36. The molecule has 0 radical (unpaired) electrons. The average molecular weight is 411 g/mol. The first-order chi connectivity index (χ1) is 15.0. The highest BCUT2D eigenvalue weighted by molar-refractivity contribution is 5.74. The van der Waals surface area contributed by atoms with Gasteiger partial charge in [-0.25, -0.2) is 0 Å². The summed E-state index contributed by atoms with van der Waals surface area (Å²) in [5.41, 5.74) is 7.31. The summed E-state index contributed by atoms with van der Waals surface area (Å²) in [7, 11) is 0. The predicted molar refractivity (Wildman–Crippen MR) is 124 cm³/mol. The molecule has 0 aliphatic rings. The fourth-order valence-electron chi connectivity index (χ4n) is 3.60. The highest BCUT2D eigenvalue weighted by atomic mass is 16.3. The van der Waals surface area contributed by atoms with E-state index < -0.39 is 6.10 Å². The summed E-state index contributed by atoms with van der Waals surface area (Å²) in [6.45, 7) is 6.37. The molecule has 1 unspecified atom stereocenters. The quantitative estimate of drug-likeness (QED) is 0.363. The van der Waals surface area contributed by atoms with Crippen LogP contribution >= 0.6 is 0 Å². The van der Waals surface area contributed by atoms with Crippen LogP contribution in [0.4, 0.5) is 11.4 Å². The molecule has 4 aromatic rings. The van der Waals surface area contributed by atoms with Gasteiger partial charge in [0.25, 0.3) is 0 Å². The smallest absolute Gasteiger partial charge is 0.134 e. The molecule has 31 heavy (non-hydrogen) atoms. The Morgan fingerprint density at radius 3 is 2.23 bits per heavy atom. The molecule has 5 heteroatoms. The Bertz CT molecular complexity index is 1200. The molecule has 0 aliphatic carbocycles. The minimum absolute atomic E-state index is 0.327. The molecule has 0 fully saturated rings. The minimum atomic E-state index is -0.674. The van der Waals surface area contributed by atoms with Gasteiger partial charge in [0, 0.05) is 5.56 Å². The normalized spacial score (nSPS) is 12.4. The van der Waals surface area contributed by atoms with E-state index in [4.69, 9.17) is 5.10 Å². The van der Waals surface area contributed by atoms with Crippen molar-refractivity contribution < 1.29 is 5.11 Å². The fourth-order valence-corrected chi connectivity index (χ4v) is 3.60. The summed E-state index contributed by atoms with van der Waals surface area (Å²) in [6.07, 6.45) is -0.674. The number of aliphatic hydroxyl groups excluding tert-OH is 1. The molecular weight excluding hydrogens is 384 g/mol. The van der Waals surface area contributed by atoms with Crippen molar-refractivity contribution in [1.82, 2.24) is 9.78 Å². The van der Waals surface area contributed by atoms with Crippen molar-refractivity contribution in [3.8, 4) is 11.3 Å². The SMILES string of the molecule is Cc1cccc(N=Nc2c(C)nn(CC(O)c3ccccc3)c2-c2ccccc2)c1C.